The number of ether oxygens (including phenoxy) is 3. The Morgan fingerprint density at radius 2 is 1.56 bits per heavy atom. The van der Waals surface area contributed by atoms with Crippen LogP contribution in [0.25, 0.3) is 11.4 Å². The van der Waals surface area contributed by atoms with E-state index in [4.69, 9.17) is 14.2 Å². The number of hydrogen-bond donors (Lipinski definition) is 9. The van der Waals surface area contributed by atoms with Gasteiger partial charge in [-0.15, -0.1) is 20.4 Å². The van der Waals surface area contributed by atoms with Crippen molar-refractivity contribution in [3.63, 3.8) is 0 Å². The molecule has 5 aromatic rings. The highest BCUT2D eigenvalue weighted by Gasteiger charge is 2.78. The number of fused-ring (bicyclic) bond motifs is 7. The number of anilines is 3. The van der Waals surface area contributed by atoms with E-state index < -0.39 is 113 Å². The van der Waals surface area contributed by atoms with Gasteiger partial charge in [-0.2, -0.15) is 0 Å². The number of nitrogens with zero attached hydrogens (tertiary/aromatic N) is 5. The summed E-state index contributed by atoms with van der Waals surface area (Å²) < 4.78 is 50.7. The second-order valence-electron chi connectivity index (χ2n) is 24.0. The zero-order valence-corrected chi connectivity index (χ0v) is 47.9. The minimum Gasteiger partial charge on any atom is -0.479 e. The number of hydrogen-bond acceptors (Lipinski definition) is 19. The fourth-order valence-corrected chi connectivity index (χ4v) is 14.7. The fraction of sp³-hybridized carbons (Fsp3) is 0.429. The molecule has 0 bridgehead atoms. The molecule has 4 aromatic carbocycles. The number of carboxylic acid groups (broad SMARTS) is 1. The SMILES string of the molecule is C[C@]12C=CC(=O)C=C1[C@@H](F)C[C@H]1[C@@H]3C[C@H]4CN(c5ccc(Cc6cccc(NC(=O)OCc7ccc(O[C@@H]8O[C@H](C(=O)O)[C@@H](O)[C@H](O)[C@H]8O)c(NC(=O)CCNC(=O)Cc8ccc(-c9nncnn9)cc8)c7)c6)cc5)C[C@@]4(C(=O)CO)[C@@]3(C)C[C@H](O)[C@@]12F. The zero-order valence-electron chi connectivity index (χ0n) is 47.9. The number of amides is 3. The molecule has 25 heteroatoms. The monoisotopic (exact) mass is 1210 g/mol. The minimum absolute atomic E-state index is 0.00832. The lowest BCUT2D eigenvalue weighted by molar-refractivity contribution is -0.271. The highest BCUT2D eigenvalue weighted by molar-refractivity contribution is 6.01. The van der Waals surface area contributed by atoms with Gasteiger partial charge in [-0.1, -0.05) is 67.6 Å². The van der Waals surface area contributed by atoms with Gasteiger partial charge >= 0.3 is 12.1 Å². The molecule has 4 aliphatic carbocycles. The topological polar surface area (TPSA) is 342 Å². The summed E-state index contributed by atoms with van der Waals surface area (Å²) in [6.45, 7) is 2.89. The lowest BCUT2D eigenvalue weighted by Crippen LogP contribution is -2.69. The van der Waals surface area contributed by atoms with Crippen LogP contribution in [0.5, 0.6) is 5.75 Å². The number of aliphatic hydroxyl groups is 5. The molecule has 3 amide bonds. The number of aliphatic carboxylic acids is 1. The molecule has 0 spiro atoms. The first kappa shape index (κ1) is 61.2. The van der Waals surface area contributed by atoms with Gasteiger partial charge in [0.15, 0.2) is 29.7 Å². The molecule has 0 unspecified atom stereocenters. The standard InChI is InChI=1S/C63H66F2N8O15/c1-60-18-16-41(75)25-44(60)45(64)26-43-42-24-38-28-73(31-62(38,49(77)29-74)61(42,2)27-48(76)63(43,60)65)40-13-8-33(9-14-40)20-35-4-3-5-39(21-35)69-59(85)86-30-36-10-15-47(87-58-54(82)52(80)53(81)55(88-58)57(83)84)46(22-36)70-50(78)17-19-66-51(79)23-34-6-11-37(12-7-34)56-71-67-32-68-72-56/h3-16,18,21-22,25,32,38,42-43,45,48,52-55,58,74,76,80-82H,17,19-20,23-24,26-31H2,1-2H3,(H,66,79)(H,69,85)(H,70,78)(H,83,84)/t38-,42-,43-,45-,48-,52-,53-,54+,55-,58+,60-,61-,62+,63-/m0/s1. The molecule has 3 heterocycles. The van der Waals surface area contributed by atoms with Crippen molar-refractivity contribution in [2.75, 3.05) is 41.8 Å². The molecule has 9 N–H and O–H groups in total. The number of allylic oxidation sites excluding steroid dienone is 4. The summed E-state index contributed by atoms with van der Waals surface area (Å²) in [7, 11) is 0. The van der Waals surface area contributed by atoms with Crippen LogP contribution in [0.3, 0.4) is 0 Å². The summed E-state index contributed by atoms with van der Waals surface area (Å²) >= 11 is 0. The number of benzene rings is 4. The predicted octanol–water partition coefficient (Wildman–Crippen LogP) is 4.14. The molecule has 5 fully saturated rings. The van der Waals surface area contributed by atoms with Gasteiger partial charge < -0.3 is 60.4 Å². The van der Waals surface area contributed by atoms with E-state index in [1.54, 1.807) is 49.4 Å². The number of alkyl halides is 2. The van der Waals surface area contributed by atoms with Gasteiger partial charge in [-0.25, -0.2) is 18.4 Å². The Kier molecular flexibility index (Phi) is 16.9. The number of carbonyl (C=O) groups is 6. The van der Waals surface area contributed by atoms with E-state index in [0.29, 0.717) is 47.6 Å². The van der Waals surface area contributed by atoms with Gasteiger partial charge in [-0.05, 0) is 126 Å². The van der Waals surface area contributed by atoms with Crippen LogP contribution >= 0.6 is 0 Å². The maximum absolute atomic E-state index is 17.9. The average Bonchev–Trinajstić information content (AvgIpc) is 1.37. The number of rotatable bonds is 18. The van der Waals surface area contributed by atoms with Crippen molar-refractivity contribution in [1.29, 1.82) is 0 Å². The Balaban J connectivity index is 0.711. The number of aliphatic hydroxyl groups excluding tert-OH is 5. The van der Waals surface area contributed by atoms with Gasteiger partial charge in [-0.3, -0.25) is 24.5 Å². The minimum atomic E-state index is -2.29. The predicted molar refractivity (Wildman–Crippen MR) is 308 cm³/mol. The molecule has 2 aliphatic heterocycles. The molecule has 6 aliphatic rings. The van der Waals surface area contributed by atoms with Crippen LogP contribution in [-0.2, 0) is 52.9 Å². The first-order valence-electron chi connectivity index (χ1n) is 28.9. The van der Waals surface area contributed by atoms with Crippen LogP contribution in [-0.4, -0.2) is 161 Å². The third-order valence-electron chi connectivity index (χ3n) is 19.1. The molecule has 88 heavy (non-hydrogen) atoms. The van der Waals surface area contributed by atoms with Crippen LogP contribution in [0.2, 0.25) is 0 Å². The highest BCUT2D eigenvalue weighted by Crippen LogP contribution is 2.74. The van der Waals surface area contributed by atoms with Gasteiger partial charge in [0.05, 0.1) is 23.6 Å². The van der Waals surface area contributed by atoms with Crippen molar-refractivity contribution in [3.05, 3.63) is 143 Å². The van der Waals surface area contributed by atoms with Gasteiger partial charge in [0, 0.05) is 54.3 Å². The van der Waals surface area contributed by atoms with Crippen molar-refractivity contribution < 1.29 is 82.4 Å². The molecule has 3 saturated carbocycles. The first-order valence-corrected chi connectivity index (χ1v) is 28.9. The molecule has 462 valence electrons. The summed E-state index contributed by atoms with van der Waals surface area (Å²) in [4.78, 5) is 79.9. The normalized spacial score (nSPS) is 31.0. The van der Waals surface area contributed by atoms with Crippen molar-refractivity contribution in [2.24, 2.45) is 34.0 Å². The zero-order chi connectivity index (χ0) is 62.5. The number of nitrogens with one attached hydrogen (secondary N) is 3. The van der Waals surface area contributed by atoms with Crippen molar-refractivity contribution in [1.82, 2.24) is 25.7 Å². The fourth-order valence-electron chi connectivity index (χ4n) is 14.7. The largest absolute Gasteiger partial charge is 0.479 e. The molecule has 2 saturated heterocycles. The van der Waals surface area contributed by atoms with Crippen LogP contribution in [0.4, 0.5) is 30.6 Å². The highest BCUT2D eigenvalue weighted by atomic mass is 19.1. The molecular weight excluding hydrogens is 1150 g/mol. The third-order valence-corrected chi connectivity index (χ3v) is 19.1. The first-order chi connectivity index (χ1) is 42.0. The van der Waals surface area contributed by atoms with Crippen LogP contribution in [0.15, 0.2) is 121 Å². The lowest BCUT2D eigenvalue weighted by Gasteiger charge is -2.63. The second-order valence-corrected chi connectivity index (χ2v) is 24.0. The Morgan fingerprint density at radius 3 is 2.28 bits per heavy atom. The number of Topliss-reactive ketones (excluding diaryl/α,β-unsaturated/α-hetero) is 1. The number of halogens is 2. The van der Waals surface area contributed by atoms with Crippen LogP contribution in [0.1, 0.15) is 61.8 Å². The Hall–Kier alpha value is -8.46. The van der Waals surface area contributed by atoms with Crippen LogP contribution < -0.4 is 25.6 Å². The molecular formula is C63H66F2N8O15. The maximum Gasteiger partial charge on any atom is 0.411 e. The van der Waals surface area contributed by atoms with Gasteiger partial charge in [0.25, 0.3) is 0 Å². The number of ketones is 2. The average molecular weight is 1210 g/mol. The molecule has 11 rings (SSSR count). The molecule has 14 atom stereocenters. The third kappa shape index (κ3) is 11.2. The summed E-state index contributed by atoms with van der Waals surface area (Å²) in [6.07, 6.45) is -8.48. The summed E-state index contributed by atoms with van der Waals surface area (Å²) in [5.74, 6) is -5.08. The van der Waals surface area contributed by atoms with E-state index in [1.165, 1.54) is 36.7 Å². The second kappa shape index (κ2) is 24.3. The van der Waals surface area contributed by atoms with Crippen molar-refractivity contribution in [3.8, 4) is 17.1 Å². The number of carboxylic acids is 1. The lowest BCUT2D eigenvalue weighted by atomic mass is 9.43. The Bertz CT molecular complexity index is 3590. The van der Waals surface area contributed by atoms with E-state index in [0.717, 1.165) is 22.9 Å². The van der Waals surface area contributed by atoms with E-state index in [-0.39, 0.29) is 74.2 Å². The Labute approximate surface area is 502 Å². The van der Waals surface area contributed by atoms with Gasteiger partial charge in [0.2, 0.25) is 23.9 Å². The number of aromatic nitrogens is 4. The maximum atomic E-state index is 17.9. The number of carbonyl (C=O) groups excluding carboxylic acids is 5. The van der Waals surface area contributed by atoms with E-state index in [9.17, 15) is 59.4 Å². The summed E-state index contributed by atoms with van der Waals surface area (Å²) in [5, 5.41) is 86.7. The van der Waals surface area contributed by atoms with Crippen molar-refractivity contribution >= 4 is 52.5 Å². The van der Waals surface area contributed by atoms with Crippen LogP contribution in [0, 0.1) is 34.0 Å². The summed E-state index contributed by atoms with van der Waals surface area (Å²) in [6, 6.07) is 25.9. The van der Waals surface area contributed by atoms with E-state index >= 15 is 8.78 Å². The Morgan fingerprint density at radius 1 is 0.830 bits per heavy atom. The summed E-state index contributed by atoms with van der Waals surface area (Å²) in [5.41, 5.74) is -1.40. The molecule has 0 radical (unpaired) electrons. The molecule has 23 nitrogen and oxygen atoms in total. The smallest absolute Gasteiger partial charge is 0.411 e. The van der Waals surface area contributed by atoms with Gasteiger partial charge in [0.1, 0.15) is 43.4 Å². The molecule has 1 aromatic heterocycles. The van der Waals surface area contributed by atoms with Crippen molar-refractivity contribution in [2.45, 2.75) is 108 Å². The quantitative estimate of drug-likeness (QED) is 0.0595. The van der Waals surface area contributed by atoms with E-state index in [1.807, 2.05) is 37.3 Å². The van der Waals surface area contributed by atoms with E-state index in [2.05, 4.69) is 41.2 Å².